The number of anilines is 2. The third-order valence-electron chi connectivity index (χ3n) is 5.57. The first-order valence-electron chi connectivity index (χ1n) is 10.3. The molecule has 4 rings (SSSR count). The highest BCUT2D eigenvalue weighted by atomic mass is 32.1. The van der Waals surface area contributed by atoms with E-state index in [1.54, 1.807) is 18.4 Å². The second kappa shape index (κ2) is 8.97. The third kappa shape index (κ3) is 4.46. The van der Waals surface area contributed by atoms with Gasteiger partial charge in [0.2, 0.25) is 5.91 Å². The number of amides is 2. The molecule has 0 bridgehead atoms. The predicted molar refractivity (Wildman–Crippen MR) is 116 cm³/mol. The summed E-state index contributed by atoms with van der Waals surface area (Å²) in [6, 6.07) is 7.36. The van der Waals surface area contributed by atoms with Gasteiger partial charge in [-0.2, -0.15) is 0 Å². The lowest BCUT2D eigenvalue weighted by Crippen LogP contribution is -2.31. The molecule has 2 heterocycles. The number of nitrogens with one attached hydrogen (secondary N) is 2. The fourth-order valence-corrected chi connectivity index (χ4v) is 5.44. The van der Waals surface area contributed by atoms with Crippen molar-refractivity contribution in [2.45, 2.75) is 38.5 Å². The Labute approximate surface area is 175 Å². The van der Waals surface area contributed by atoms with Crippen molar-refractivity contribution in [2.75, 3.05) is 37.4 Å². The summed E-state index contributed by atoms with van der Waals surface area (Å²) in [5.74, 6) is 0.381. The zero-order chi connectivity index (χ0) is 20.2. The number of ether oxygens (including phenoxy) is 1. The number of benzene rings is 1. The maximum Gasteiger partial charge on any atom is 0.259 e. The first-order chi connectivity index (χ1) is 14.2. The first-order valence-corrected chi connectivity index (χ1v) is 11.1. The van der Waals surface area contributed by atoms with Crippen LogP contribution in [0.4, 0.5) is 10.7 Å². The minimum atomic E-state index is -0.189. The van der Waals surface area contributed by atoms with Gasteiger partial charge in [-0.1, -0.05) is 12.1 Å². The Hall–Kier alpha value is -2.38. The normalized spacial score (nSPS) is 16.3. The van der Waals surface area contributed by atoms with Crippen molar-refractivity contribution >= 4 is 33.8 Å². The molecule has 0 atom stereocenters. The van der Waals surface area contributed by atoms with Crippen LogP contribution < -0.4 is 15.4 Å². The molecule has 154 valence electrons. The summed E-state index contributed by atoms with van der Waals surface area (Å²) >= 11 is 1.55. The van der Waals surface area contributed by atoms with Crippen LogP contribution in [-0.4, -0.2) is 43.5 Å². The van der Waals surface area contributed by atoms with Crippen LogP contribution in [0.3, 0.4) is 0 Å². The number of fused-ring (bicyclic) bond motifs is 1. The molecule has 1 fully saturated rings. The molecule has 2 aromatic rings. The summed E-state index contributed by atoms with van der Waals surface area (Å²) in [5, 5.41) is 6.69. The van der Waals surface area contributed by atoms with Crippen LogP contribution in [0.15, 0.2) is 24.3 Å². The highest BCUT2D eigenvalue weighted by Gasteiger charge is 2.27. The summed E-state index contributed by atoms with van der Waals surface area (Å²) < 4.78 is 5.36. The van der Waals surface area contributed by atoms with E-state index in [1.807, 2.05) is 24.3 Å². The number of carbonyl (C=O) groups is 2. The van der Waals surface area contributed by atoms with Gasteiger partial charge in [-0.3, -0.25) is 14.5 Å². The smallest absolute Gasteiger partial charge is 0.259 e. The van der Waals surface area contributed by atoms with E-state index in [4.69, 9.17) is 4.74 Å². The highest BCUT2D eigenvalue weighted by molar-refractivity contribution is 7.17. The summed E-state index contributed by atoms with van der Waals surface area (Å²) in [5.41, 5.74) is 2.33. The second-order valence-electron chi connectivity index (χ2n) is 7.60. The molecule has 29 heavy (non-hydrogen) atoms. The van der Waals surface area contributed by atoms with Gasteiger partial charge in [-0.15, -0.1) is 11.3 Å². The molecule has 0 saturated carbocycles. The van der Waals surface area contributed by atoms with Crippen LogP contribution in [0.1, 0.15) is 46.5 Å². The summed E-state index contributed by atoms with van der Waals surface area (Å²) in [6.07, 6.45) is 6.34. The standard InChI is InChI=1S/C22H27N3O3S/c1-28-17-10-4-3-9-16(17)23-21(27)20-15-8-2-5-11-18(15)29-22(20)24-19(26)14-25-12-6-7-13-25/h3-4,9-10H,2,5-8,11-14H2,1H3,(H,23,27)(H,24,26). The number of likely N-dealkylation sites (tertiary alicyclic amines) is 1. The van der Waals surface area contributed by atoms with Gasteiger partial charge in [0.25, 0.3) is 5.91 Å². The molecule has 2 aliphatic rings. The summed E-state index contributed by atoms with van der Waals surface area (Å²) in [4.78, 5) is 29.2. The molecule has 1 aromatic heterocycles. The number of nitrogens with zero attached hydrogens (tertiary/aromatic N) is 1. The molecule has 6 nitrogen and oxygen atoms in total. The van der Waals surface area contributed by atoms with Gasteiger partial charge in [0.05, 0.1) is 24.9 Å². The molecular weight excluding hydrogens is 386 g/mol. The Morgan fingerprint density at radius 1 is 1.07 bits per heavy atom. The fourth-order valence-electron chi connectivity index (χ4n) is 4.14. The van der Waals surface area contributed by atoms with Crippen LogP contribution in [0.25, 0.3) is 0 Å². The molecule has 2 amide bonds. The topological polar surface area (TPSA) is 70.7 Å². The molecule has 2 N–H and O–H groups in total. The fraction of sp³-hybridized carbons (Fsp3) is 0.455. The number of carbonyl (C=O) groups excluding carboxylic acids is 2. The Morgan fingerprint density at radius 3 is 2.62 bits per heavy atom. The van der Waals surface area contributed by atoms with Crippen LogP contribution in [-0.2, 0) is 17.6 Å². The van der Waals surface area contributed by atoms with Crippen LogP contribution in [0.5, 0.6) is 5.75 Å². The summed E-state index contributed by atoms with van der Waals surface area (Å²) in [6.45, 7) is 2.32. The van der Waals surface area contributed by atoms with Gasteiger partial charge in [-0.25, -0.2) is 0 Å². The number of aryl methyl sites for hydroxylation is 1. The van der Waals surface area contributed by atoms with Crippen LogP contribution in [0, 0.1) is 0 Å². The van der Waals surface area contributed by atoms with E-state index in [9.17, 15) is 9.59 Å². The van der Waals surface area contributed by atoms with E-state index in [2.05, 4.69) is 15.5 Å². The predicted octanol–water partition coefficient (Wildman–Crippen LogP) is 3.92. The Kier molecular flexibility index (Phi) is 6.16. The van der Waals surface area contributed by atoms with Gasteiger partial charge in [0.1, 0.15) is 10.8 Å². The minimum absolute atomic E-state index is 0.0446. The van der Waals surface area contributed by atoms with E-state index < -0.39 is 0 Å². The maximum atomic E-state index is 13.2. The third-order valence-corrected chi connectivity index (χ3v) is 6.78. The molecule has 1 aliphatic carbocycles. The monoisotopic (exact) mass is 413 g/mol. The number of hydrogen-bond donors (Lipinski definition) is 2. The van der Waals surface area contributed by atoms with Crippen LogP contribution in [0.2, 0.25) is 0 Å². The minimum Gasteiger partial charge on any atom is -0.495 e. The Balaban J connectivity index is 1.58. The average Bonchev–Trinajstić information content (AvgIpc) is 3.35. The second-order valence-corrected chi connectivity index (χ2v) is 8.71. The number of thiophene rings is 1. The Bertz CT molecular complexity index is 903. The quantitative estimate of drug-likeness (QED) is 0.753. The molecule has 1 aliphatic heterocycles. The van der Waals surface area contributed by atoms with Crippen molar-refractivity contribution in [3.8, 4) is 5.75 Å². The van der Waals surface area contributed by atoms with Gasteiger partial charge < -0.3 is 15.4 Å². The van der Waals surface area contributed by atoms with E-state index in [1.165, 1.54) is 4.88 Å². The van der Waals surface area contributed by atoms with Gasteiger partial charge in [0, 0.05) is 4.88 Å². The number of methoxy groups -OCH3 is 1. The first kappa shape index (κ1) is 19.9. The van der Waals surface area contributed by atoms with Crippen molar-refractivity contribution < 1.29 is 14.3 Å². The van der Waals surface area contributed by atoms with Crippen molar-refractivity contribution in [1.29, 1.82) is 0 Å². The summed E-state index contributed by atoms with van der Waals surface area (Å²) in [7, 11) is 1.58. The molecule has 1 aromatic carbocycles. The Morgan fingerprint density at radius 2 is 1.83 bits per heavy atom. The molecular formula is C22H27N3O3S. The lowest BCUT2D eigenvalue weighted by atomic mass is 9.95. The molecule has 0 spiro atoms. The highest BCUT2D eigenvalue weighted by Crippen LogP contribution is 2.39. The molecule has 0 radical (unpaired) electrons. The largest absolute Gasteiger partial charge is 0.495 e. The lowest BCUT2D eigenvalue weighted by Gasteiger charge is -2.16. The maximum absolute atomic E-state index is 13.2. The zero-order valence-electron chi connectivity index (χ0n) is 16.8. The van der Waals surface area contributed by atoms with E-state index in [0.717, 1.165) is 57.2 Å². The zero-order valence-corrected chi connectivity index (χ0v) is 17.6. The van der Waals surface area contributed by atoms with Crippen molar-refractivity contribution in [2.24, 2.45) is 0 Å². The number of para-hydroxylation sites is 2. The van der Waals surface area contributed by atoms with Crippen molar-refractivity contribution in [3.05, 3.63) is 40.3 Å². The van der Waals surface area contributed by atoms with Crippen molar-refractivity contribution in [3.63, 3.8) is 0 Å². The van der Waals surface area contributed by atoms with Gasteiger partial charge >= 0.3 is 0 Å². The molecule has 0 unspecified atom stereocenters. The lowest BCUT2D eigenvalue weighted by molar-refractivity contribution is -0.117. The van der Waals surface area contributed by atoms with Crippen molar-refractivity contribution in [1.82, 2.24) is 4.90 Å². The average molecular weight is 414 g/mol. The van der Waals surface area contributed by atoms with E-state index in [0.29, 0.717) is 28.5 Å². The van der Waals surface area contributed by atoms with Crippen LogP contribution >= 0.6 is 11.3 Å². The van der Waals surface area contributed by atoms with E-state index >= 15 is 0 Å². The van der Waals surface area contributed by atoms with Gasteiger partial charge in [0.15, 0.2) is 0 Å². The number of hydrogen-bond acceptors (Lipinski definition) is 5. The molecule has 1 saturated heterocycles. The number of rotatable bonds is 6. The van der Waals surface area contributed by atoms with Gasteiger partial charge in [-0.05, 0) is 69.3 Å². The SMILES string of the molecule is COc1ccccc1NC(=O)c1c(NC(=O)CN2CCCC2)sc2c1CCCC2. The molecule has 7 heteroatoms. The van der Waals surface area contributed by atoms with E-state index in [-0.39, 0.29) is 11.8 Å².